The first-order valence-electron chi connectivity index (χ1n) is 20.8. The molecular weight excluding hydrogens is 753 g/mol. The second kappa shape index (κ2) is 16.4. The summed E-state index contributed by atoms with van der Waals surface area (Å²) < 4.78 is 0. The third kappa shape index (κ3) is 7.60. The van der Waals surface area contributed by atoms with Gasteiger partial charge in [0.25, 0.3) is 5.91 Å². The summed E-state index contributed by atoms with van der Waals surface area (Å²) in [5.41, 5.74) is 7.37. The molecule has 2 bridgehead atoms. The lowest BCUT2D eigenvalue weighted by atomic mass is 9.96. The van der Waals surface area contributed by atoms with Crippen molar-refractivity contribution in [3.63, 3.8) is 0 Å². The molecule has 12 nitrogen and oxygen atoms in total. The summed E-state index contributed by atoms with van der Waals surface area (Å²) in [4.78, 5) is 72.8. The van der Waals surface area contributed by atoms with Gasteiger partial charge in [-0.3, -0.25) is 19.2 Å². The molecule has 6 aromatic rings. The summed E-state index contributed by atoms with van der Waals surface area (Å²) >= 11 is 0. The zero-order chi connectivity index (χ0) is 41.3. The van der Waals surface area contributed by atoms with Crippen molar-refractivity contribution in [2.24, 2.45) is 5.92 Å². The zero-order valence-electron chi connectivity index (χ0n) is 33.7. The number of nitrogens with one attached hydrogen (secondary N) is 4. The largest absolute Gasteiger partial charge is 0.341 e. The van der Waals surface area contributed by atoms with E-state index >= 15 is 0 Å². The SMILES string of the molecule is CC(=O)N[C@H](C(=O)N1[C@H]2CC[C@@H](C2)[C@@H]1c1ncc(-c2ccc(-c3ccc(-c4cnc([C@@H]5CCCN5C(=O)[C@H](NC(C)=O)c5ccccc5)[nH]4)cc3)cc2)[nH]1)c1ccccc1. The van der Waals surface area contributed by atoms with Crippen molar-refractivity contribution in [1.29, 1.82) is 0 Å². The molecule has 4 heterocycles. The highest BCUT2D eigenvalue weighted by molar-refractivity contribution is 5.89. The summed E-state index contributed by atoms with van der Waals surface area (Å²) in [7, 11) is 0. The fourth-order valence-electron chi connectivity index (χ4n) is 9.53. The molecule has 0 unspecified atom stereocenters. The third-order valence-corrected chi connectivity index (χ3v) is 12.3. The van der Waals surface area contributed by atoms with Crippen LogP contribution in [0.1, 0.15) is 92.9 Å². The Hall–Kier alpha value is -6.82. The number of piperidine rings is 1. The van der Waals surface area contributed by atoms with E-state index in [0.717, 1.165) is 88.5 Å². The van der Waals surface area contributed by atoms with Gasteiger partial charge in [-0.05, 0) is 71.4 Å². The predicted octanol–water partition coefficient (Wildman–Crippen LogP) is 7.60. The Morgan fingerprint density at radius 1 is 0.617 bits per heavy atom. The summed E-state index contributed by atoms with van der Waals surface area (Å²) in [6, 6.07) is 33.7. The molecule has 4 N–H and O–H groups in total. The topological polar surface area (TPSA) is 156 Å². The Kier molecular flexibility index (Phi) is 10.6. The van der Waals surface area contributed by atoms with E-state index in [0.29, 0.717) is 12.5 Å². The number of aromatic nitrogens is 4. The number of amides is 4. The maximum Gasteiger partial charge on any atom is 0.250 e. The van der Waals surface area contributed by atoms with Crippen LogP contribution >= 0.6 is 0 Å². The van der Waals surface area contributed by atoms with Gasteiger partial charge in [-0.15, -0.1) is 0 Å². The van der Waals surface area contributed by atoms with E-state index in [1.807, 2.05) is 82.9 Å². The lowest BCUT2D eigenvalue weighted by molar-refractivity contribution is -0.140. The number of H-pyrrole nitrogens is 2. The minimum Gasteiger partial charge on any atom is -0.341 e. The van der Waals surface area contributed by atoms with E-state index in [-0.39, 0.29) is 41.8 Å². The number of hydrogen-bond donors (Lipinski definition) is 4. The molecule has 0 spiro atoms. The normalized spacial score (nSPS) is 20.5. The highest BCUT2D eigenvalue weighted by Gasteiger charge is 2.51. The number of carbonyl (C=O) groups is 4. The summed E-state index contributed by atoms with van der Waals surface area (Å²) in [6.07, 6.45) is 8.21. The number of likely N-dealkylation sites (tertiary alicyclic amines) is 2. The second-order valence-electron chi connectivity index (χ2n) is 16.2. The van der Waals surface area contributed by atoms with Crippen LogP contribution in [0.3, 0.4) is 0 Å². The molecular formula is C48H48N8O4. The fraction of sp³-hybridized carbons (Fsp3) is 0.292. The number of rotatable bonds is 11. The lowest BCUT2D eigenvalue weighted by Crippen LogP contribution is -2.47. The van der Waals surface area contributed by atoms with Crippen LogP contribution in [0, 0.1) is 5.92 Å². The first-order chi connectivity index (χ1) is 29.2. The molecule has 12 heteroatoms. The highest BCUT2D eigenvalue weighted by atomic mass is 16.2. The molecule has 2 aliphatic heterocycles. The number of fused-ring (bicyclic) bond motifs is 2. The van der Waals surface area contributed by atoms with Crippen LogP contribution < -0.4 is 10.6 Å². The van der Waals surface area contributed by atoms with E-state index in [2.05, 4.69) is 69.1 Å². The summed E-state index contributed by atoms with van der Waals surface area (Å²) in [6.45, 7) is 3.47. The number of aromatic amines is 2. The monoisotopic (exact) mass is 800 g/mol. The molecule has 6 atom stereocenters. The van der Waals surface area contributed by atoms with Crippen LogP contribution in [0.2, 0.25) is 0 Å². The van der Waals surface area contributed by atoms with Gasteiger partial charge in [0.05, 0.1) is 35.9 Å². The maximum atomic E-state index is 14.2. The van der Waals surface area contributed by atoms with Gasteiger partial charge in [-0.1, -0.05) is 109 Å². The van der Waals surface area contributed by atoms with Crippen molar-refractivity contribution in [1.82, 2.24) is 40.4 Å². The third-order valence-electron chi connectivity index (χ3n) is 12.3. The van der Waals surface area contributed by atoms with Crippen LogP contribution in [0.25, 0.3) is 33.6 Å². The van der Waals surface area contributed by atoms with Crippen molar-refractivity contribution in [3.05, 3.63) is 144 Å². The molecule has 3 aliphatic rings. The molecule has 2 saturated heterocycles. The Morgan fingerprint density at radius 2 is 1.12 bits per heavy atom. The molecule has 1 saturated carbocycles. The minimum absolute atomic E-state index is 0.0979. The van der Waals surface area contributed by atoms with Crippen molar-refractivity contribution in [2.75, 3.05) is 6.54 Å². The Morgan fingerprint density at radius 3 is 1.67 bits per heavy atom. The number of hydrogen-bond acceptors (Lipinski definition) is 6. The Bertz CT molecular complexity index is 2500. The molecule has 4 aromatic carbocycles. The molecule has 0 radical (unpaired) electrons. The summed E-state index contributed by atoms with van der Waals surface area (Å²) in [5, 5.41) is 5.76. The van der Waals surface area contributed by atoms with Gasteiger partial charge in [-0.25, -0.2) is 9.97 Å². The van der Waals surface area contributed by atoms with Gasteiger partial charge < -0.3 is 30.4 Å². The first kappa shape index (κ1) is 38.7. The van der Waals surface area contributed by atoms with Crippen LogP contribution in [-0.4, -0.2) is 66.0 Å². The maximum absolute atomic E-state index is 14.2. The van der Waals surface area contributed by atoms with E-state index in [1.165, 1.54) is 13.8 Å². The second-order valence-corrected chi connectivity index (χ2v) is 16.2. The number of benzene rings is 4. The molecule has 1 aliphatic carbocycles. The number of carbonyl (C=O) groups excluding carboxylic acids is 4. The average molecular weight is 801 g/mol. The van der Waals surface area contributed by atoms with Crippen molar-refractivity contribution in [3.8, 4) is 33.6 Å². The van der Waals surface area contributed by atoms with Crippen molar-refractivity contribution in [2.45, 2.75) is 76.2 Å². The molecule has 60 heavy (non-hydrogen) atoms. The van der Waals surface area contributed by atoms with Crippen molar-refractivity contribution < 1.29 is 19.2 Å². The van der Waals surface area contributed by atoms with Gasteiger partial charge in [0.1, 0.15) is 23.7 Å². The zero-order valence-corrected chi connectivity index (χ0v) is 33.7. The Labute approximate surface area is 348 Å². The van der Waals surface area contributed by atoms with Gasteiger partial charge in [0.15, 0.2) is 0 Å². The molecule has 4 amide bonds. The van der Waals surface area contributed by atoms with Crippen LogP contribution in [-0.2, 0) is 19.2 Å². The quantitative estimate of drug-likeness (QED) is 0.106. The van der Waals surface area contributed by atoms with E-state index in [9.17, 15) is 19.2 Å². The summed E-state index contributed by atoms with van der Waals surface area (Å²) in [5.74, 6) is 1.07. The van der Waals surface area contributed by atoms with Gasteiger partial charge >= 0.3 is 0 Å². The molecule has 304 valence electrons. The highest BCUT2D eigenvalue weighted by Crippen LogP contribution is 2.50. The van der Waals surface area contributed by atoms with Gasteiger partial charge in [0, 0.05) is 26.4 Å². The predicted molar refractivity (Wildman–Crippen MR) is 227 cm³/mol. The van der Waals surface area contributed by atoms with Crippen molar-refractivity contribution >= 4 is 23.6 Å². The van der Waals surface area contributed by atoms with Gasteiger partial charge in [-0.2, -0.15) is 0 Å². The average Bonchev–Trinajstić information content (AvgIpc) is 4.14. The molecule has 2 aromatic heterocycles. The van der Waals surface area contributed by atoms with Gasteiger partial charge in [0.2, 0.25) is 17.7 Å². The molecule has 3 fully saturated rings. The number of imidazole rings is 2. The first-order valence-corrected chi connectivity index (χ1v) is 20.8. The van der Waals surface area contributed by atoms with E-state index < -0.39 is 12.1 Å². The number of nitrogens with zero attached hydrogens (tertiary/aromatic N) is 4. The van der Waals surface area contributed by atoms with E-state index in [4.69, 9.17) is 9.97 Å². The smallest absolute Gasteiger partial charge is 0.250 e. The minimum atomic E-state index is -0.760. The fourth-order valence-corrected chi connectivity index (χ4v) is 9.53. The lowest BCUT2D eigenvalue weighted by Gasteiger charge is -2.36. The van der Waals surface area contributed by atoms with Crippen LogP contribution in [0.15, 0.2) is 122 Å². The van der Waals surface area contributed by atoms with Crippen LogP contribution in [0.5, 0.6) is 0 Å². The Balaban J connectivity index is 0.878. The van der Waals surface area contributed by atoms with E-state index in [1.54, 1.807) is 0 Å². The molecule has 9 rings (SSSR count). The standard InChI is InChI=1S/C48H48N8O4/c1-29(57)51-42(35-10-5-3-6-11-35)47(59)55-25-9-14-41(55)45-49-27-39(53-45)33-19-15-31(16-20-33)32-17-21-34(22-18-32)40-28-50-46(54-40)44-37-23-24-38(26-37)56(44)48(60)43(52-30(2)58)36-12-7-4-8-13-36/h3-8,10-13,15-22,27-28,37-38,41-44H,9,14,23-26H2,1-2H3,(H,49,53)(H,50,54)(H,51,57)(H,52,58)/t37-,38-,41-,42+,43-,44+/m0/s1. The van der Waals surface area contributed by atoms with Crippen LogP contribution in [0.4, 0.5) is 0 Å².